The van der Waals surface area contributed by atoms with E-state index >= 15 is 0 Å². The Balaban J connectivity index is 1.79. The summed E-state index contributed by atoms with van der Waals surface area (Å²) in [5.74, 6) is 0.610. The molecule has 1 amide bonds. The molecule has 158 valence electrons. The molecule has 2 aromatic carbocycles. The predicted molar refractivity (Wildman–Crippen MR) is 117 cm³/mol. The van der Waals surface area contributed by atoms with E-state index in [1.807, 2.05) is 31.2 Å². The van der Waals surface area contributed by atoms with Gasteiger partial charge in [-0.15, -0.1) is 0 Å². The van der Waals surface area contributed by atoms with Crippen molar-refractivity contribution in [2.24, 2.45) is 0 Å². The van der Waals surface area contributed by atoms with Crippen molar-refractivity contribution in [3.05, 3.63) is 58.6 Å². The minimum Gasteiger partial charge on any atom is -0.492 e. The van der Waals surface area contributed by atoms with Gasteiger partial charge in [-0.3, -0.25) is 9.10 Å². The monoisotopic (exact) mass is 438 g/mol. The average Bonchev–Trinajstić information content (AvgIpc) is 2.65. The molecule has 0 heterocycles. The SMILES string of the molecule is Cc1ccc(OCCNC(=O)CCCN(c2cccc(Cl)c2C)S(C)(=O)=O)cc1. The third kappa shape index (κ3) is 7.25. The molecule has 0 saturated heterocycles. The summed E-state index contributed by atoms with van der Waals surface area (Å²) < 4.78 is 31.3. The molecule has 2 aromatic rings. The lowest BCUT2D eigenvalue weighted by Crippen LogP contribution is -2.33. The molecule has 0 aliphatic carbocycles. The van der Waals surface area contributed by atoms with E-state index in [0.717, 1.165) is 17.6 Å². The number of nitrogens with one attached hydrogen (secondary N) is 1. The second kappa shape index (κ2) is 10.5. The molecule has 0 radical (unpaired) electrons. The topological polar surface area (TPSA) is 75.7 Å². The summed E-state index contributed by atoms with van der Waals surface area (Å²) in [6.45, 7) is 4.73. The highest BCUT2D eigenvalue weighted by Crippen LogP contribution is 2.28. The molecule has 1 N–H and O–H groups in total. The molecule has 0 unspecified atom stereocenters. The van der Waals surface area contributed by atoms with Crippen molar-refractivity contribution in [3.8, 4) is 5.75 Å². The van der Waals surface area contributed by atoms with Gasteiger partial charge in [0.2, 0.25) is 15.9 Å². The lowest BCUT2D eigenvalue weighted by Gasteiger charge is -2.24. The molecule has 0 spiro atoms. The van der Waals surface area contributed by atoms with Crippen molar-refractivity contribution < 1.29 is 17.9 Å². The zero-order valence-electron chi connectivity index (χ0n) is 16.9. The molecule has 8 heteroatoms. The number of sulfonamides is 1. The van der Waals surface area contributed by atoms with Gasteiger partial charge in [0, 0.05) is 18.0 Å². The largest absolute Gasteiger partial charge is 0.492 e. The van der Waals surface area contributed by atoms with E-state index in [1.165, 1.54) is 4.31 Å². The minimum atomic E-state index is -3.49. The minimum absolute atomic E-state index is 0.145. The number of aryl methyl sites for hydroxylation is 1. The van der Waals surface area contributed by atoms with Crippen LogP contribution >= 0.6 is 11.6 Å². The number of carbonyl (C=O) groups is 1. The molecule has 6 nitrogen and oxygen atoms in total. The van der Waals surface area contributed by atoms with E-state index in [4.69, 9.17) is 16.3 Å². The Kier molecular flexibility index (Phi) is 8.34. The first-order valence-electron chi connectivity index (χ1n) is 9.37. The Labute approximate surface area is 177 Å². The van der Waals surface area contributed by atoms with Gasteiger partial charge < -0.3 is 10.1 Å². The van der Waals surface area contributed by atoms with Crippen molar-refractivity contribution in [1.82, 2.24) is 5.32 Å². The van der Waals surface area contributed by atoms with Crippen LogP contribution in [0.2, 0.25) is 5.02 Å². The van der Waals surface area contributed by atoms with Crippen LogP contribution in [0.5, 0.6) is 5.75 Å². The summed E-state index contributed by atoms with van der Waals surface area (Å²) in [5.41, 5.74) is 2.38. The molecule has 0 atom stereocenters. The molecule has 0 saturated carbocycles. The van der Waals surface area contributed by atoms with Crippen molar-refractivity contribution in [2.75, 3.05) is 30.3 Å². The lowest BCUT2D eigenvalue weighted by atomic mass is 10.2. The molecular weight excluding hydrogens is 412 g/mol. The smallest absolute Gasteiger partial charge is 0.232 e. The van der Waals surface area contributed by atoms with Crippen LogP contribution in [-0.2, 0) is 14.8 Å². The van der Waals surface area contributed by atoms with E-state index in [-0.39, 0.29) is 18.9 Å². The fourth-order valence-electron chi connectivity index (χ4n) is 2.80. The number of hydrogen-bond acceptors (Lipinski definition) is 4. The standard InChI is InChI=1S/C21H27ClN2O4S/c1-16-9-11-18(12-10-16)28-15-13-23-21(25)8-5-14-24(29(3,26)27)20-7-4-6-19(22)17(20)2/h4,6-7,9-12H,5,8,13-15H2,1-3H3,(H,23,25). The second-order valence-corrected chi connectivity index (χ2v) is 9.15. The number of amides is 1. The first kappa shape index (κ1) is 23.0. The van der Waals surface area contributed by atoms with Crippen LogP contribution in [0.25, 0.3) is 0 Å². The molecule has 0 bridgehead atoms. The number of hydrogen-bond donors (Lipinski definition) is 1. The molecular formula is C21H27ClN2O4S. The Morgan fingerprint density at radius 3 is 2.48 bits per heavy atom. The summed E-state index contributed by atoms with van der Waals surface area (Å²) >= 11 is 6.12. The van der Waals surface area contributed by atoms with Crippen LogP contribution in [0.4, 0.5) is 5.69 Å². The number of rotatable bonds is 10. The predicted octanol–water partition coefficient (Wildman–Crippen LogP) is 3.70. The lowest BCUT2D eigenvalue weighted by molar-refractivity contribution is -0.121. The molecule has 0 aliphatic heterocycles. The van der Waals surface area contributed by atoms with E-state index in [9.17, 15) is 13.2 Å². The van der Waals surface area contributed by atoms with Gasteiger partial charge in [0.15, 0.2) is 0 Å². The van der Waals surface area contributed by atoms with Gasteiger partial charge >= 0.3 is 0 Å². The molecule has 2 rings (SSSR count). The van der Waals surface area contributed by atoms with E-state index in [0.29, 0.717) is 35.8 Å². The summed E-state index contributed by atoms with van der Waals surface area (Å²) in [6.07, 6.45) is 1.76. The zero-order valence-corrected chi connectivity index (χ0v) is 18.5. The maximum absolute atomic E-state index is 12.2. The van der Waals surface area contributed by atoms with Gasteiger partial charge in [-0.2, -0.15) is 0 Å². The first-order chi connectivity index (χ1) is 13.7. The highest BCUT2D eigenvalue weighted by atomic mass is 35.5. The highest BCUT2D eigenvalue weighted by molar-refractivity contribution is 7.92. The van der Waals surface area contributed by atoms with Crippen LogP contribution in [-0.4, -0.2) is 40.3 Å². The van der Waals surface area contributed by atoms with Crippen LogP contribution in [0.3, 0.4) is 0 Å². The fraction of sp³-hybridized carbons (Fsp3) is 0.381. The van der Waals surface area contributed by atoms with E-state index in [2.05, 4.69) is 5.32 Å². The van der Waals surface area contributed by atoms with E-state index < -0.39 is 10.0 Å². The van der Waals surface area contributed by atoms with Gasteiger partial charge in [0.1, 0.15) is 12.4 Å². The van der Waals surface area contributed by atoms with Crippen LogP contribution < -0.4 is 14.4 Å². The number of ether oxygens (including phenoxy) is 1. The number of benzene rings is 2. The number of nitrogens with zero attached hydrogens (tertiary/aromatic N) is 1. The number of anilines is 1. The van der Waals surface area contributed by atoms with Gasteiger partial charge in [-0.05, 0) is 50.1 Å². The van der Waals surface area contributed by atoms with Crippen molar-refractivity contribution in [3.63, 3.8) is 0 Å². The summed E-state index contributed by atoms with van der Waals surface area (Å²) in [7, 11) is -3.49. The summed E-state index contributed by atoms with van der Waals surface area (Å²) in [6, 6.07) is 12.8. The highest BCUT2D eigenvalue weighted by Gasteiger charge is 2.20. The second-order valence-electron chi connectivity index (χ2n) is 6.83. The van der Waals surface area contributed by atoms with Gasteiger partial charge in [0.25, 0.3) is 0 Å². The molecule has 0 aromatic heterocycles. The summed E-state index contributed by atoms with van der Waals surface area (Å²) in [4.78, 5) is 12.0. The zero-order chi connectivity index (χ0) is 21.4. The van der Waals surface area contributed by atoms with E-state index in [1.54, 1.807) is 25.1 Å². The quantitative estimate of drug-likeness (QED) is 0.574. The van der Waals surface area contributed by atoms with Crippen molar-refractivity contribution >= 4 is 33.2 Å². The Hall–Kier alpha value is -2.25. The third-order valence-electron chi connectivity index (χ3n) is 4.39. The fourth-order valence-corrected chi connectivity index (χ4v) is 3.98. The maximum Gasteiger partial charge on any atom is 0.232 e. The van der Waals surface area contributed by atoms with Crippen LogP contribution in [0.1, 0.15) is 24.0 Å². The van der Waals surface area contributed by atoms with Crippen LogP contribution in [0, 0.1) is 13.8 Å². The van der Waals surface area contributed by atoms with Crippen molar-refractivity contribution in [2.45, 2.75) is 26.7 Å². The normalized spacial score (nSPS) is 11.2. The molecule has 29 heavy (non-hydrogen) atoms. The third-order valence-corrected chi connectivity index (χ3v) is 5.98. The Morgan fingerprint density at radius 2 is 1.83 bits per heavy atom. The van der Waals surface area contributed by atoms with Crippen molar-refractivity contribution in [1.29, 1.82) is 0 Å². The average molecular weight is 439 g/mol. The summed E-state index contributed by atoms with van der Waals surface area (Å²) in [5, 5.41) is 3.29. The maximum atomic E-state index is 12.2. The van der Waals surface area contributed by atoms with Crippen LogP contribution in [0.15, 0.2) is 42.5 Å². The molecule has 0 aliphatic rings. The van der Waals surface area contributed by atoms with Gasteiger partial charge in [-0.25, -0.2) is 8.42 Å². The first-order valence-corrected chi connectivity index (χ1v) is 11.6. The number of halogens is 1. The molecule has 0 fully saturated rings. The Bertz CT molecular complexity index is 930. The van der Waals surface area contributed by atoms with Gasteiger partial charge in [0.05, 0.1) is 18.5 Å². The number of carbonyl (C=O) groups excluding carboxylic acids is 1. The Morgan fingerprint density at radius 1 is 1.14 bits per heavy atom. The van der Waals surface area contributed by atoms with Gasteiger partial charge in [-0.1, -0.05) is 35.4 Å².